The number of nitrogens with zero attached hydrogens (tertiary/aromatic N) is 5. The number of carbonyl (C=O) groups excluding carboxylic acids is 2. The number of urea groups is 1. The Morgan fingerprint density at radius 1 is 1.23 bits per heavy atom. The summed E-state index contributed by atoms with van der Waals surface area (Å²) >= 11 is 0. The number of rotatable bonds is 6. The number of hydrogen-bond donors (Lipinski definition) is 0. The van der Waals surface area contributed by atoms with E-state index in [4.69, 9.17) is 0 Å². The Labute approximate surface area is 154 Å². The summed E-state index contributed by atoms with van der Waals surface area (Å²) in [7, 11) is 1.80. The van der Waals surface area contributed by atoms with Gasteiger partial charge >= 0.3 is 6.03 Å². The Balaban J connectivity index is 1.32. The first-order valence-corrected chi connectivity index (χ1v) is 9.49. The third-order valence-electron chi connectivity index (χ3n) is 6.59. The molecule has 1 saturated carbocycles. The van der Waals surface area contributed by atoms with Crippen LogP contribution in [0, 0.1) is 17.3 Å². The Morgan fingerprint density at radius 2 is 2.04 bits per heavy atom. The second-order valence-corrected chi connectivity index (χ2v) is 8.41. The van der Waals surface area contributed by atoms with Gasteiger partial charge in [-0.25, -0.2) is 9.78 Å². The van der Waals surface area contributed by atoms with Crippen molar-refractivity contribution in [3.8, 4) is 0 Å². The van der Waals surface area contributed by atoms with E-state index in [-0.39, 0.29) is 18.5 Å². The molecule has 2 fully saturated rings. The van der Waals surface area contributed by atoms with E-state index in [0.29, 0.717) is 36.7 Å². The van der Waals surface area contributed by atoms with Gasteiger partial charge in [-0.1, -0.05) is 25.5 Å². The smallest absolute Gasteiger partial charge is 0.315 e. The summed E-state index contributed by atoms with van der Waals surface area (Å²) < 4.78 is 1.62. The number of imide groups is 1. The van der Waals surface area contributed by atoms with Gasteiger partial charge in [0.2, 0.25) is 5.91 Å². The summed E-state index contributed by atoms with van der Waals surface area (Å²) in [6.07, 6.45) is 7.82. The summed E-state index contributed by atoms with van der Waals surface area (Å²) in [6, 6.07) is -0.173. The Kier molecular flexibility index (Phi) is 4.12. The van der Waals surface area contributed by atoms with Gasteiger partial charge in [0.05, 0.1) is 0 Å². The minimum atomic E-state index is -0.173. The largest absolute Gasteiger partial charge is 0.327 e. The number of hydrogen-bond acceptors (Lipinski definition) is 4. The molecule has 0 aromatic carbocycles. The summed E-state index contributed by atoms with van der Waals surface area (Å²) in [5, 5.41) is 4.20. The molecule has 2 atom stereocenters. The van der Waals surface area contributed by atoms with Crippen molar-refractivity contribution in [2.24, 2.45) is 24.3 Å². The number of aryl methyl sites for hydroxylation is 1. The lowest BCUT2D eigenvalue weighted by Crippen LogP contribution is -2.48. The molecule has 3 amide bonds. The van der Waals surface area contributed by atoms with Crippen molar-refractivity contribution in [3.63, 3.8) is 0 Å². The van der Waals surface area contributed by atoms with Gasteiger partial charge in [-0.05, 0) is 36.5 Å². The number of carbonyl (C=O) groups is 2. The molecule has 1 aliphatic heterocycles. The predicted molar refractivity (Wildman–Crippen MR) is 96.1 cm³/mol. The highest BCUT2D eigenvalue weighted by atomic mass is 16.2. The van der Waals surface area contributed by atoms with Gasteiger partial charge in [0.25, 0.3) is 0 Å². The average Bonchev–Trinajstić information content (AvgIpc) is 3.14. The number of allylic oxidation sites excluding steroid dienone is 1. The molecular weight excluding hydrogens is 330 g/mol. The van der Waals surface area contributed by atoms with Crippen molar-refractivity contribution in [2.75, 3.05) is 19.6 Å². The van der Waals surface area contributed by atoms with E-state index in [9.17, 15) is 9.59 Å². The monoisotopic (exact) mass is 357 g/mol. The van der Waals surface area contributed by atoms with Crippen molar-refractivity contribution in [2.45, 2.75) is 39.5 Å². The normalized spacial score (nSPS) is 27.0. The molecule has 0 unspecified atom stereocenters. The van der Waals surface area contributed by atoms with E-state index in [1.165, 1.54) is 16.9 Å². The molecule has 3 aliphatic carbocycles. The number of amides is 3. The lowest BCUT2D eigenvalue weighted by atomic mass is 9.48. The van der Waals surface area contributed by atoms with Crippen LogP contribution >= 0.6 is 0 Å². The van der Waals surface area contributed by atoms with Gasteiger partial charge in [-0.3, -0.25) is 14.4 Å². The molecule has 7 heteroatoms. The molecule has 0 spiro atoms. The Bertz CT molecular complexity index is 766. The van der Waals surface area contributed by atoms with Crippen LogP contribution in [0.4, 0.5) is 4.79 Å². The second-order valence-electron chi connectivity index (χ2n) is 8.41. The number of fused-ring (bicyclic) bond motifs is 1. The van der Waals surface area contributed by atoms with Crippen LogP contribution in [0.5, 0.6) is 0 Å². The van der Waals surface area contributed by atoms with E-state index >= 15 is 0 Å². The standard InChI is InChI=1S/C19H27N5O2/c1-19(2)14-5-4-13(15(19)10-14)6-8-23-11-17(25)24(18(23)26)9-7-16-20-12-22(3)21-16/h4,12,14-15H,5-11H2,1-3H3/t14-,15-/m0/s1. The fourth-order valence-electron chi connectivity index (χ4n) is 4.72. The first kappa shape index (κ1) is 17.2. The minimum absolute atomic E-state index is 0.118. The first-order chi connectivity index (χ1) is 12.4. The molecule has 0 N–H and O–H groups in total. The zero-order chi connectivity index (χ0) is 18.5. The highest BCUT2D eigenvalue weighted by molar-refractivity contribution is 6.02. The SMILES string of the molecule is Cn1cnc(CCN2C(=O)CN(CCC3=CC[C@H]4C[C@@H]3C4(C)C)C2=O)n1. The zero-order valence-corrected chi connectivity index (χ0v) is 15.8. The number of aromatic nitrogens is 3. The van der Waals surface area contributed by atoms with Crippen molar-refractivity contribution in [1.29, 1.82) is 0 Å². The van der Waals surface area contributed by atoms with Gasteiger partial charge < -0.3 is 4.90 Å². The molecule has 4 aliphatic rings. The summed E-state index contributed by atoms with van der Waals surface area (Å²) in [4.78, 5) is 32.0. The quantitative estimate of drug-likeness (QED) is 0.577. The Morgan fingerprint density at radius 3 is 2.69 bits per heavy atom. The van der Waals surface area contributed by atoms with Gasteiger partial charge in [0.15, 0.2) is 5.82 Å². The van der Waals surface area contributed by atoms with E-state index in [2.05, 4.69) is 30.0 Å². The van der Waals surface area contributed by atoms with Crippen LogP contribution in [-0.2, 0) is 18.3 Å². The maximum atomic E-state index is 12.6. The van der Waals surface area contributed by atoms with Crippen LogP contribution < -0.4 is 0 Å². The van der Waals surface area contributed by atoms with Crippen LogP contribution in [-0.4, -0.2) is 56.1 Å². The highest BCUT2D eigenvalue weighted by Gasteiger charge is 2.51. The first-order valence-electron chi connectivity index (χ1n) is 9.49. The average molecular weight is 357 g/mol. The third-order valence-corrected chi connectivity index (χ3v) is 6.59. The van der Waals surface area contributed by atoms with Crippen molar-refractivity contribution in [3.05, 3.63) is 23.8 Å². The van der Waals surface area contributed by atoms with Crippen LogP contribution in [0.25, 0.3) is 0 Å². The van der Waals surface area contributed by atoms with Crippen LogP contribution in [0.2, 0.25) is 0 Å². The Hall–Kier alpha value is -2.18. The second kappa shape index (κ2) is 6.21. The third kappa shape index (κ3) is 2.83. The zero-order valence-electron chi connectivity index (χ0n) is 15.8. The summed E-state index contributed by atoms with van der Waals surface area (Å²) in [5.74, 6) is 2.01. The van der Waals surface area contributed by atoms with Crippen LogP contribution in [0.3, 0.4) is 0 Å². The lowest BCUT2D eigenvalue weighted by Gasteiger charge is -2.56. The molecule has 2 heterocycles. The molecular formula is C19H27N5O2. The molecule has 1 aromatic rings. The van der Waals surface area contributed by atoms with E-state index in [1.54, 1.807) is 23.0 Å². The van der Waals surface area contributed by atoms with Gasteiger partial charge in [-0.2, -0.15) is 5.10 Å². The summed E-state index contributed by atoms with van der Waals surface area (Å²) in [5.41, 5.74) is 1.88. The molecule has 1 aromatic heterocycles. The molecule has 140 valence electrons. The molecule has 5 rings (SSSR count). The van der Waals surface area contributed by atoms with Crippen molar-refractivity contribution >= 4 is 11.9 Å². The van der Waals surface area contributed by atoms with E-state index < -0.39 is 0 Å². The molecule has 1 saturated heterocycles. The van der Waals surface area contributed by atoms with Crippen LogP contribution in [0.15, 0.2) is 18.0 Å². The molecule has 0 radical (unpaired) electrons. The minimum Gasteiger partial charge on any atom is -0.315 e. The van der Waals surface area contributed by atoms with E-state index in [0.717, 1.165) is 18.8 Å². The van der Waals surface area contributed by atoms with Crippen molar-refractivity contribution < 1.29 is 9.59 Å². The molecule has 7 nitrogen and oxygen atoms in total. The topological polar surface area (TPSA) is 71.3 Å². The van der Waals surface area contributed by atoms with Crippen molar-refractivity contribution in [1.82, 2.24) is 24.6 Å². The predicted octanol–water partition coefficient (Wildman–Crippen LogP) is 2.00. The highest BCUT2D eigenvalue weighted by Crippen LogP contribution is 2.59. The maximum Gasteiger partial charge on any atom is 0.327 e. The van der Waals surface area contributed by atoms with Crippen LogP contribution in [0.1, 0.15) is 38.9 Å². The van der Waals surface area contributed by atoms with Gasteiger partial charge in [0, 0.05) is 26.6 Å². The van der Waals surface area contributed by atoms with Gasteiger partial charge in [0.1, 0.15) is 12.9 Å². The van der Waals surface area contributed by atoms with Gasteiger partial charge in [-0.15, -0.1) is 0 Å². The maximum absolute atomic E-state index is 12.6. The molecule has 26 heavy (non-hydrogen) atoms. The lowest BCUT2D eigenvalue weighted by molar-refractivity contribution is -0.125. The summed E-state index contributed by atoms with van der Waals surface area (Å²) in [6.45, 7) is 5.89. The fourth-order valence-corrected chi connectivity index (χ4v) is 4.72. The van der Waals surface area contributed by atoms with E-state index in [1.807, 2.05) is 0 Å². The fraction of sp³-hybridized carbons (Fsp3) is 0.684. The molecule has 2 bridgehead atoms.